The summed E-state index contributed by atoms with van der Waals surface area (Å²) in [5.41, 5.74) is 5.67. The van der Waals surface area contributed by atoms with Gasteiger partial charge in [-0.3, -0.25) is 4.79 Å². The largest absolute Gasteiger partial charge is 0.398 e. The van der Waals surface area contributed by atoms with Gasteiger partial charge in [-0.05, 0) is 30.3 Å². The van der Waals surface area contributed by atoms with Crippen molar-refractivity contribution in [1.82, 2.24) is 0 Å². The number of carbonyl (C=O) groups excluding carboxylic acids is 1. The second kappa shape index (κ2) is 4.74. The lowest BCUT2D eigenvalue weighted by molar-refractivity contribution is 0.103. The minimum absolute atomic E-state index is 0.0907. The van der Waals surface area contributed by atoms with Crippen molar-refractivity contribution in [3.63, 3.8) is 0 Å². The van der Waals surface area contributed by atoms with Gasteiger partial charge in [0.1, 0.15) is 11.6 Å². The number of benzene rings is 2. The molecule has 2 aromatic carbocycles. The van der Waals surface area contributed by atoms with Crippen molar-refractivity contribution >= 4 is 23.1 Å². The van der Waals surface area contributed by atoms with Crippen molar-refractivity contribution in [2.45, 2.75) is 0 Å². The van der Waals surface area contributed by atoms with E-state index in [0.717, 1.165) is 12.1 Å². The molecule has 0 aliphatic rings. The molecule has 0 heterocycles. The maximum atomic E-state index is 13.5. The van der Waals surface area contributed by atoms with Crippen LogP contribution in [-0.2, 0) is 0 Å². The molecule has 0 saturated carbocycles. The average molecular weight is 268 g/mol. The standard InChI is InChI=1S/C13H8ClF2NO/c14-7-1-4-12(17)10(5-7)13(18)9-3-2-8(15)6-11(9)16/h1-6H,17H2. The number of rotatable bonds is 2. The smallest absolute Gasteiger partial charge is 0.198 e. The van der Waals surface area contributed by atoms with E-state index in [-0.39, 0.29) is 16.8 Å². The average Bonchev–Trinajstić information content (AvgIpc) is 2.31. The van der Waals surface area contributed by atoms with E-state index in [9.17, 15) is 13.6 Å². The zero-order chi connectivity index (χ0) is 13.3. The van der Waals surface area contributed by atoms with Crippen LogP contribution in [0.1, 0.15) is 15.9 Å². The van der Waals surface area contributed by atoms with Gasteiger partial charge in [-0.15, -0.1) is 0 Å². The van der Waals surface area contributed by atoms with Gasteiger partial charge in [0.05, 0.1) is 5.56 Å². The van der Waals surface area contributed by atoms with Crippen molar-refractivity contribution in [3.05, 3.63) is 64.2 Å². The number of nitrogens with two attached hydrogens (primary N) is 1. The lowest BCUT2D eigenvalue weighted by atomic mass is 10.0. The molecule has 0 saturated heterocycles. The number of carbonyl (C=O) groups is 1. The molecule has 0 aromatic heterocycles. The van der Waals surface area contributed by atoms with E-state index in [2.05, 4.69) is 0 Å². The number of hydrogen-bond donors (Lipinski definition) is 1. The molecule has 2 nitrogen and oxygen atoms in total. The molecule has 0 radical (unpaired) electrons. The highest BCUT2D eigenvalue weighted by atomic mass is 35.5. The molecular weight excluding hydrogens is 260 g/mol. The third-order valence-electron chi connectivity index (χ3n) is 2.44. The summed E-state index contributed by atoms with van der Waals surface area (Å²) in [6.07, 6.45) is 0. The highest BCUT2D eigenvalue weighted by Crippen LogP contribution is 2.22. The molecule has 2 aromatic rings. The number of ketones is 1. The summed E-state index contributed by atoms with van der Waals surface area (Å²) in [5.74, 6) is -2.31. The number of hydrogen-bond acceptors (Lipinski definition) is 2. The predicted octanol–water partition coefficient (Wildman–Crippen LogP) is 3.43. The van der Waals surface area contributed by atoms with Crippen LogP contribution in [0.25, 0.3) is 0 Å². The molecule has 0 bridgehead atoms. The van der Waals surface area contributed by atoms with Gasteiger partial charge in [0, 0.05) is 22.3 Å². The van der Waals surface area contributed by atoms with Crippen molar-refractivity contribution < 1.29 is 13.6 Å². The fraction of sp³-hybridized carbons (Fsp3) is 0. The van der Waals surface area contributed by atoms with E-state index in [1.807, 2.05) is 0 Å². The minimum Gasteiger partial charge on any atom is -0.398 e. The van der Waals surface area contributed by atoms with Crippen LogP contribution in [0.4, 0.5) is 14.5 Å². The van der Waals surface area contributed by atoms with E-state index in [1.165, 1.54) is 18.2 Å². The van der Waals surface area contributed by atoms with Gasteiger partial charge < -0.3 is 5.73 Å². The SMILES string of the molecule is Nc1ccc(Cl)cc1C(=O)c1ccc(F)cc1F. The summed E-state index contributed by atoms with van der Waals surface area (Å²) in [5, 5.41) is 0.315. The highest BCUT2D eigenvalue weighted by Gasteiger charge is 2.17. The molecule has 92 valence electrons. The van der Waals surface area contributed by atoms with Crippen molar-refractivity contribution in [2.75, 3.05) is 5.73 Å². The molecule has 5 heteroatoms. The predicted molar refractivity (Wildman–Crippen MR) is 65.7 cm³/mol. The molecule has 0 unspecified atom stereocenters. The van der Waals surface area contributed by atoms with Gasteiger partial charge >= 0.3 is 0 Å². The van der Waals surface area contributed by atoms with Gasteiger partial charge in [-0.25, -0.2) is 8.78 Å². The van der Waals surface area contributed by atoms with E-state index in [4.69, 9.17) is 17.3 Å². The van der Waals surface area contributed by atoms with E-state index in [1.54, 1.807) is 0 Å². The van der Waals surface area contributed by atoms with Crippen LogP contribution >= 0.6 is 11.6 Å². The molecule has 0 aliphatic carbocycles. The van der Waals surface area contributed by atoms with E-state index < -0.39 is 17.4 Å². The molecule has 0 amide bonds. The van der Waals surface area contributed by atoms with E-state index >= 15 is 0 Å². The summed E-state index contributed by atoms with van der Waals surface area (Å²) in [7, 11) is 0. The van der Waals surface area contributed by atoms with Crippen LogP contribution in [0.3, 0.4) is 0 Å². The Kier molecular flexibility index (Phi) is 3.30. The Morgan fingerprint density at radius 1 is 1.06 bits per heavy atom. The van der Waals surface area contributed by atoms with E-state index in [0.29, 0.717) is 11.1 Å². The Bertz CT molecular complexity index is 628. The molecule has 0 aliphatic heterocycles. The van der Waals surface area contributed by atoms with Crippen LogP contribution in [0.5, 0.6) is 0 Å². The Labute approximate surface area is 107 Å². The Morgan fingerprint density at radius 2 is 1.78 bits per heavy atom. The maximum Gasteiger partial charge on any atom is 0.198 e. The van der Waals surface area contributed by atoms with Gasteiger partial charge in [0.2, 0.25) is 0 Å². The van der Waals surface area contributed by atoms with Gasteiger partial charge in [-0.2, -0.15) is 0 Å². The summed E-state index contributed by atoms with van der Waals surface area (Å²) in [6, 6.07) is 7.06. The topological polar surface area (TPSA) is 43.1 Å². The molecule has 0 fully saturated rings. The fourth-order valence-electron chi connectivity index (χ4n) is 1.54. The first kappa shape index (κ1) is 12.5. The first-order chi connectivity index (χ1) is 8.49. The number of halogens is 3. The lowest BCUT2D eigenvalue weighted by Gasteiger charge is -2.06. The first-order valence-corrected chi connectivity index (χ1v) is 5.41. The molecule has 0 atom stereocenters. The molecule has 2 N–H and O–H groups in total. The van der Waals surface area contributed by atoms with Crippen LogP contribution in [0, 0.1) is 11.6 Å². The van der Waals surface area contributed by atoms with Crippen molar-refractivity contribution in [1.29, 1.82) is 0 Å². The summed E-state index contributed by atoms with van der Waals surface area (Å²) in [6.45, 7) is 0. The minimum atomic E-state index is -0.931. The quantitative estimate of drug-likeness (QED) is 0.669. The van der Waals surface area contributed by atoms with Crippen molar-refractivity contribution in [2.24, 2.45) is 0 Å². The van der Waals surface area contributed by atoms with Crippen LogP contribution in [0.15, 0.2) is 36.4 Å². The molecular formula is C13H8ClF2NO. The zero-order valence-corrected chi connectivity index (χ0v) is 9.84. The van der Waals surface area contributed by atoms with Crippen LogP contribution in [-0.4, -0.2) is 5.78 Å². The third kappa shape index (κ3) is 2.33. The third-order valence-corrected chi connectivity index (χ3v) is 2.67. The molecule has 0 spiro atoms. The Balaban J connectivity index is 2.51. The number of anilines is 1. The Hall–Kier alpha value is -1.94. The second-order valence-electron chi connectivity index (χ2n) is 3.68. The van der Waals surface area contributed by atoms with Gasteiger partial charge in [0.15, 0.2) is 5.78 Å². The fourth-order valence-corrected chi connectivity index (χ4v) is 1.72. The van der Waals surface area contributed by atoms with Gasteiger partial charge in [-0.1, -0.05) is 11.6 Å². The monoisotopic (exact) mass is 267 g/mol. The Morgan fingerprint density at radius 3 is 2.44 bits per heavy atom. The lowest BCUT2D eigenvalue weighted by Crippen LogP contribution is -2.07. The zero-order valence-electron chi connectivity index (χ0n) is 9.08. The second-order valence-corrected chi connectivity index (χ2v) is 4.12. The molecule has 2 rings (SSSR count). The molecule has 18 heavy (non-hydrogen) atoms. The summed E-state index contributed by atoms with van der Waals surface area (Å²) in [4.78, 5) is 12.1. The van der Waals surface area contributed by atoms with Crippen molar-refractivity contribution in [3.8, 4) is 0 Å². The normalized spacial score (nSPS) is 10.4. The summed E-state index contributed by atoms with van der Waals surface area (Å²) >= 11 is 5.75. The maximum absolute atomic E-state index is 13.5. The highest BCUT2D eigenvalue weighted by molar-refractivity contribution is 6.31. The van der Waals surface area contributed by atoms with Crippen LogP contribution in [0.2, 0.25) is 5.02 Å². The van der Waals surface area contributed by atoms with Crippen LogP contribution < -0.4 is 5.73 Å². The van der Waals surface area contributed by atoms with Gasteiger partial charge in [0.25, 0.3) is 0 Å². The number of nitrogen functional groups attached to an aromatic ring is 1. The summed E-state index contributed by atoms with van der Waals surface area (Å²) < 4.78 is 26.2. The first-order valence-electron chi connectivity index (χ1n) is 5.04.